The summed E-state index contributed by atoms with van der Waals surface area (Å²) in [4.78, 5) is 20.8. The predicted molar refractivity (Wildman–Crippen MR) is 81.3 cm³/mol. The number of rotatable bonds is 2. The molecule has 6 heteroatoms. The van der Waals surface area contributed by atoms with Gasteiger partial charge < -0.3 is 14.5 Å². The van der Waals surface area contributed by atoms with E-state index >= 15 is 0 Å². The van der Waals surface area contributed by atoms with Crippen LogP contribution in [0.5, 0.6) is 0 Å². The molecule has 6 nitrogen and oxygen atoms in total. The number of carbonyl (C=O) groups excluding carboxylic acids is 1. The normalized spacial score (nSPS) is 22.2. The topological polar surface area (TPSA) is 69.5 Å². The fraction of sp³-hybridized carbons (Fsp3) is 0.562. The number of piperidine rings is 1. The molecule has 2 aliphatic heterocycles. The van der Waals surface area contributed by atoms with E-state index in [1.165, 1.54) is 6.42 Å². The number of carbonyl (C=O) groups is 1. The Morgan fingerprint density at radius 2 is 2.14 bits per heavy atom. The molecule has 1 amide bonds. The van der Waals surface area contributed by atoms with Gasteiger partial charge in [0.25, 0.3) is 5.91 Å². The van der Waals surface area contributed by atoms with Crippen LogP contribution in [0.25, 0.3) is 0 Å². The molecule has 1 atom stereocenters. The van der Waals surface area contributed by atoms with Gasteiger partial charge in [0.05, 0.1) is 24.8 Å². The lowest BCUT2D eigenvalue weighted by Gasteiger charge is -2.36. The number of ether oxygens (including phenoxy) is 1. The minimum absolute atomic E-state index is 0.0841. The van der Waals surface area contributed by atoms with Crippen LogP contribution in [-0.4, -0.2) is 54.7 Å². The van der Waals surface area contributed by atoms with E-state index in [4.69, 9.17) is 10.00 Å². The van der Waals surface area contributed by atoms with Crippen LogP contribution in [0.3, 0.4) is 0 Å². The Labute approximate surface area is 130 Å². The van der Waals surface area contributed by atoms with Crippen molar-refractivity contribution in [1.82, 2.24) is 9.88 Å². The monoisotopic (exact) mass is 300 g/mol. The Morgan fingerprint density at radius 3 is 2.91 bits per heavy atom. The standard InChI is InChI=1S/C16H20N4O2/c17-11-13-4-5-18-15(10-13)20-8-9-22-14(12-20)16(21)19-6-2-1-3-7-19/h4-5,10,14H,1-3,6-9,12H2. The van der Waals surface area contributed by atoms with Crippen molar-refractivity contribution in [3.8, 4) is 6.07 Å². The van der Waals surface area contributed by atoms with Crippen molar-refractivity contribution in [1.29, 1.82) is 5.26 Å². The lowest BCUT2D eigenvalue weighted by atomic mass is 10.1. The predicted octanol–water partition coefficient (Wildman–Crippen LogP) is 1.17. The molecule has 1 aromatic rings. The minimum Gasteiger partial charge on any atom is -0.365 e. The summed E-state index contributed by atoms with van der Waals surface area (Å²) < 4.78 is 5.68. The number of hydrogen-bond donors (Lipinski definition) is 0. The highest BCUT2D eigenvalue weighted by Gasteiger charge is 2.31. The highest BCUT2D eigenvalue weighted by atomic mass is 16.5. The van der Waals surface area contributed by atoms with Crippen molar-refractivity contribution in [2.45, 2.75) is 25.4 Å². The summed E-state index contributed by atoms with van der Waals surface area (Å²) in [5.41, 5.74) is 0.579. The molecule has 2 saturated heterocycles. The van der Waals surface area contributed by atoms with Crippen molar-refractivity contribution in [3.05, 3.63) is 23.9 Å². The third kappa shape index (κ3) is 3.20. The molecule has 2 aliphatic rings. The summed E-state index contributed by atoms with van der Waals surface area (Å²) in [5, 5.41) is 8.99. The molecule has 3 rings (SSSR count). The van der Waals surface area contributed by atoms with Gasteiger partial charge in [-0.2, -0.15) is 5.26 Å². The van der Waals surface area contributed by atoms with E-state index < -0.39 is 6.10 Å². The van der Waals surface area contributed by atoms with Gasteiger partial charge in [-0.25, -0.2) is 4.98 Å². The zero-order valence-corrected chi connectivity index (χ0v) is 12.6. The number of likely N-dealkylation sites (tertiary alicyclic amines) is 1. The van der Waals surface area contributed by atoms with Crippen LogP contribution in [0.15, 0.2) is 18.3 Å². The van der Waals surface area contributed by atoms with Gasteiger partial charge in [0, 0.05) is 25.8 Å². The number of nitriles is 1. The van der Waals surface area contributed by atoms with E-state index in [9.17, 15) is 4.79 Å². The van der Waals surface area contributed by atoms with Gasteiger partial charge in [0.2, 0.25) is 0 Å². The number of hydrogen-bond acceptors (Lipinski definition) is 5. The van der Waals surface area contributed by atoms with Crippen molar-refractivity contribution in [2.24, 2.45) is 0 Å². The smallest absolute Gasteiger partial charge is 0.253 e. The Kier molecular flexibility index (Phi) is 4.54. The molecule has 0 N–H and O–H groups in total. The van der Waals surface area contributed by atoms with Crippen molar-refractivity contribution >= 4 is 11.7 Å². The second-order valence-electron chi connectivity index (χ2n) is 5.71. The average Bonchev–Trinajstić information content (AvgIpc) is 2.62. The summed E-state index contributed by atoms with van der Waals surface area (Å²) in [6, 6.07) is 5.56. The molecule has 22 heavy (non-hydrogen) atoms. The number of aromatic nitrogens is 1. The number of anilines is 1. The Bertz CT molecular complexity index is 578. The SMILES string of the molecule is N#Cc1ccnc(N2CCOC(C(=O)N3CCCCC3)C2)c1. The molecule has 0 bridgehead atoms. The molecule has 2 fully saturated rings. The summed E-state index contributed by atoms with van der Waals surface area (Å²) >= 11 is 0. The molecule has 0 saturated carbocycles. The Hall–Kier alpha value is -2.13. The fourth-order valence-electron chi connectivity index (χ4n) is 2.99. The number of amides is 1. The lowest BCUT2D eigenvalue weighted by Crippen LogP contribution is -2.52. The van der Waals surface area contributed by atoms with Gasteiger partial charge in [-0.05, 0) is 31.4 Å². The van der Waals surface area contributed by atoms with Crippen LogP contribution < -0.4 is 4.90 Å². The fourth-order valence-corrected chi connectivity index (χ4v) is 2.99. The highest BCUT2D eigenvalue weighted by molar-refractivity contribution is 5.82. The van der Waals surface area contributed by atoms with Crippen molar-refractivity contribution in [3.63, 3.8) is 0 Å². The second-order valence-corrected chi connectivity index (χ2v) is 5.71. The summed E-state index contributed by atoms with van der Waals surface area (Å²) in [5.74, 6) is 0.819. The average molecular weight is 300 g/mol. The number of morpholine rings is 1. The zero-order valence-electron chi connectivity index (χ0n) is 12.6. The van der Waals surface area contributed by atoms with Gasteiger partial charge in [-0.15, -0.1) is 0 Å². The summed E-state index contributed by atoms with van der Waals surface area (Å²) in [6.07, 6.45) is 4.55. The van der Waals surface area contributed by atoms with Crippen molar-refractivity contribution in [2.75, 3.05) is 37.7 Å². The van der Waals surface area contributed by atoms with Crippen LogP contribution in [0, 0.1) is 11.3 Å². The third-order valence-electron chi connectivity index (χ3n) is 4.21. The maximum Gasteiger partial charge on any atom is 0.253 e. The minimum atomic E-state index is -0.431. The molecule has 116 valence electrons. The third-order valence-corrected chi connectivity index (χ3v) is 4.21. The van der Waals surface area contributed by atoms with Crippen molar-refractivity contribution < 1.29 is 9.53 Å². The first-order valence-electron chi connectivity index (χ1n) is 7.79. The van der Waals surface area contributed by atoms with Gasteiger partial charge >= 0.3 is 0 Å². The van der Waals surface area contributed by atoms with E-state index in [0.29, 0.717) is 25.3 Å². The molecule has 0 spiro atoms. The molecule has 3 heterocycles. The largest absolute Gasteiger partial charge is 0.365 e. The van der Waals surface area contributed by atoms with Crippen LogP contribution in [0.4, 0.5) is 5.82 Å². The Morgan fingerprint density at radius 1 is 1.32 bits per heavy atom. The van der Waals surface area contributed by atoms with Crippen LogP contribution in [0.1, 0.15) is 24.8 Å². The number of pyridine rings is 1. The Balaban J connectivity index is 1.68. The molecular weight excluding hydrogens is 280 g/mol. The molecule has 0 aliphatic carbocycles. The maximum atomic E-state index is 12.6. The van der Waals surface area contributed by atoms with Gasteiger partial charge in [0.15, 0.2) is 6.10 Å². The first-order valence-corrected chi connectivity index (χ1v) is 7.79. The molecule has 1 unspecified atom stereocenters. The van der Waals surface area contributed by atoms with E-state index in [2.05, 4.69) is 11.1 Å². The van der Waals surface area contributed by atoms with E-state index in [1.807, 2.05) is 9.80 Å². The first kappa shape index (κ1) is 14.8. The zero-order chi connectivity index (χ0) is 15.4. The van der Waals surface area contributed by atoms with Crippen LogP contribution in [-0.2, 0) is 9.53 Å². The molecular formula is C16H20N4O2. The van der Waals surface area contributed by atoms with E-state index in [-0.39, 0.29) is 5.91 Å². The second kappa shape index (κ2) is 6.75. The van der Waals surface area contributed by atoms with Crippen LogP contribution >= 0.6 is 0 Å². The quantitative estimate of drug-likeness (QED) is 0.820. The van der Waals surface area contributed by atoms with Gasteiger partial charge in [-0.1, -0.05) is 0 Å². The molecule has 1 aromatic heterocycles. The van der Waals surface area contributed by atoms with E-state index in [1.54, 1.807) is 18.3 Å². The summed E-state index contributed by atoms with van der Waals surface area (Å²) in [7, 11) is 0. The highest BCUT2D eigenvalue weighted by Crippen LogP contribution is 2.18. The molecule has 0 aromatic carbocycles. The van der Waals surface area contributed by atoms with E-state index in [0.717, 1.165) is 31.7 Å². The van der Waals surface area contributed by atoms with Gasteiger partial charge in [-0.3, -0.25) is 4.79 Å². The lowest BCUT2D eigenvalue weighted by molar-refractivity contribution is -0.145. The van der Waals surface area contributed by atoms with Crippen LogP contribution in [0.2, 0.25) is 0 Å². The first-order chi connectivity index (χ1) is 10.8. The number of nitrogens with zero attached hydrogens (tertiary/aromatic N) is 4. The summed E-state index contributed by atoms with van der Waals surface area (Å²) in [6.45, 7) is 3.35. The molecule has 0 radical (unpaired) electrons. The maximum absolute atomic E-state index is 12.6. The van der Waals surface area contributed by atoms with Gasteiger partial charge in [0.1, 0.15) is 5.82 Å².